The lowest BCUT2D eigenvalue weighted by Crippen LogP contribution is -2.39. The highest BCUT2D eigenvalue weighted by Crippen LogP contribution is 2.33. The fourth-order valence-electron chi connectivity index (χ4n) is 4.75. The molecule has 0 spiro atoms. The van der Waals surface area contributed by atoms with E-state index in [4.69, 9.17) is 4.74 Å². The van der Waals surface area contributed by atoms with Crippen LogP contribution in [0.15, 0.2) is 68.9 Å². The summed E-state index contributed by atoms with van der Waals surface area (Å²) in [7, 11) is 0. The van der Waals surface area contributed by atoms with Gasteiger partial charge in [-0.3, -0.25) is 9.36 Å². The van der Waals surface area contributed by atoms with E-state index >= 15 is 0 Å². The second-order valence-corrected chi connectivity index (χ2v) is 10.8. The molecule has 0 bridgehead atoms. The van der Waals surface area contributed by atoms with Crippen molar-refractivity contribution in [3.63, 3.8) is 0 Å². The molecule has 0 saturated carbocycles. The molecule has 0 saturated heterocycles. The van der Waals surface area contributed by atoms with E-state index < -0.39 is 12.0 Å². The minimum Gasteiger partial charge on any atom is -0.463 e. The fraction of sp³-hybridized carbons (Fsp3) is 0.250. The summed E-state index contributed by atoms with van der Waals surface area (Å²) in [6, 6.07) is 13.8. The number of thiophene rings is 1. The van der Waals surface area contributed by atoms with Crippen LogP contribution in [0.1, 0.15) is 47.3 Å². The Labute approximate surface area is 217 Å². The fourth-order valence-corrected chi connectivity index (χ4v) is 6.61. The first-order chi connectivity index (χ1) is 17.3. The van der Waals surface area contributed by atoms with Crippen LogP contribution in [0.3, 0.4) is 0 Å². The normalized spacial score (nSPS) is 15.7. The van der Waals surface area contributed by atoms with Crippen molar-refractivity contribution in [2.24, 2.45) is 4.99 Å². The molecule has 4 aromatic rings. The van der Waals surface area contributed by atoms with E-state index in [1.54, 1.807) is 18.4 Å². The Morgan fingerprint density at radius 1 is 1.14 bits per heavy atom. The van der Waals surface area contributed by atoms with Gasteiger partial charge >= 0.3 is 5.97 Å². The molecular formula is C28H27N3O3S2. The molecule has 8 heteroatoms. The van der Waals surface area contributed by atoms with E-state index in [1.165, 1.54) is 28.2 Å². The molecular weight excluding hydrogens is 490 g/mol. The van der Waals surface area contributed by atoms with Crippen molar-refractivity contribution in [1.82, 2.24) is 9.13 Å². The molecule has 5 rings (SSSR count). The molecule has 184 valence electrons. The van der Waals surface area contributed by atoms with E-state index in [9.17, 15) is 9.59 Å². The van der Waals surface area contributed by atoms with Gasteiger partial charge in [-0.15, -0.1) is 11.3 Å². The molecule has 0 N–H and O–H groups in total. The summed E-state index contributed by atoms with van der Waals surface area (Å²) in [5.41, 5.74) is 6.25. The molecule has 0 aliphatic carbocycles. The topological polar surface area (TPSA) is 65.6 Å². The summed E-state index contributed by atoms with van der Waals surface area (Å²) in [4.78, 5) is 32.8. The van der Waals surface area contributed by atoms with Crippen LogP contribution in [-0.2, 0) is 9.53 Å². The van der Waals surface area contributed by atoms with E-state index in [-0.39, 0.29) is 12.2 Å². The number of aryl methyl sites for hydroxylation is 2. The first kappa shape index (κ1) is 24.2. The molecule has 1 aliphatic heterocycles. The van der Waals surface area contributed by atoms with Crippen molar-refractivity contribution in [2.75, 3.05) is 6.61 Å². The van der Waals surface area contributed by atoms with Gasteiger partial charge in [0, 0.05) is 22.0 Å². The quantitative estimate of drug-likeness (QED) is 0.364. The molecule has 0 radical (unpaired) electrons. The first-order valence-corrected chi connectivity index (χ1v) is 13.5. The number of aromatic nitrogens is 2. The lowest BCUT2D eigenvalue weighted by molar-refractivity contribution is -0.139. The summed E-state index contributed by atoms with van der Waals surface area (Å²) in [6.45, 7) is 10.1. The molecule has 1 aliphatic rings. The summed E-state index contributed by atoms with van der Waals surface area (Å²) < 4.78 is 9.77. The van der Waals surface area contributed by atoms with Crippen LogP contribution in [0.5, 0.6) is 0 Å². The van der Waals surface area contributed by atoms with Gasteiger partial charge in [0.2, 0.25) is 0 Å². The van der Waals surface area contributed by atoms with Crippen LogP contribution >= 0.6 is 22.7 Å². The van der Waals surface area contributed by atoms with Crippen molar-refractivity contribution in [3.8, 4) is 5.69 Å². The highest BCUT2D eigenvalue weighted by molar-refractivity contribution is 7.10. The van der Waals surface area contributed by atoms with Gasteiger partial charge in [0.1, 0.15) is 6.04 Å². The van der Waals surface area contributed by atoms with E-state index in [0.717, 1.165) is 27.5 Å². The van der Waals surface area contributed by atoms with Crippen LogP contribution in [0.4, 0.5) is 0 Å². The number of nitrogens with zero attached hydrogens (tertiary/aromatic N) is 3. The van der Waals surface area contributed by atoms with Crippen molar-refractivity contribution < 1.29 is 9.53 Å². The molecule has 4 heterocycles. The van der Waals surface area contributed by atoms with Crippen molar-refractivity contribution in [3.05, 3.63) is 106 Å². The predicted molar refractivity (Wildman–Crippen MR) is 145 cm³/mol. The number of fused-ring (bicyclic) bond motifs is 1. The largest absolute Gasteiger partial charge is 0.463 e. The summed E-state index contributed by atoms with van der Waals surface area (Å²) >= 11 is 2.86. The van der Waals surface area contributed by atoms with E-state index in [1.807, 2.05) is 23.6 Å². The number of allylic oxidation sites excluding steroid dienone is 1. The number of carbonyl (C=O) groups excluding carboxylic acids is 1. The molecule has 36 heavy (non-hydrogen) atoms. The zero-order valence-corrected chi connectivity index (χ0v) is 22.5. The summed E-state index contributed by atoms with van der Waals surface area (Å²) in [5.74, 6) is -0.437. The number of esters is 1. The molecule has 6 nitrogen and oxygen atoms in total. The molecule has 1 aromatic carbocycles. The Morgan fingerprint density at radius 2 is 1.94 bits per heavy atom. The highest BCUT2D eigenvalue weighted by atomic mass is 32.1. The summed E-state index contributed by atoms with van der Waals surface area (Å²) in [6.07, 6.45) is 1.94. The maximum Gasteiger partial charge on any atom is 0.338 e. The van der Waals surface area contributed by atoms with E-state index in [2.05, 4.69) is 60.7 Å². The van der Waals surface area contributed by atoms with Gasteiger partial charge in [0.15, 0.2) is 4.80 Å². The van der Waals surface area contributed by atoms with Gasteiger partial charge in [-0.2, -0.15) is 0 Å². The number of benzene rings is 1. The van der Waals surface area contributed by atoms with Gasteiger partial charge < -0.3 is 9.30 Å². The molecule has 0 amide bonds. The Balaban J connectivity index is 1.68. The second kappa shape index (κ2) is 9.52. The zero-order chi connectivity index (χ0) is 25.6. The Bertz CT molecular complexity index is 1680. The van der Waals surface area contributed by atoms with Gasteiger partial charge in [-0.25, -0.2) is 9.79 Å². The average molecular weight is 518 g/mol. The van der Waals surface area contributed by atoms with Crippen LogP contribution in [0.2, 0.25) is 0 Å². The van der Waals surface area contributed by atoms with Crippen LogP contribution < -0.4 is 14.9 Å². The number of hydrogen-bond acceptors (Lipinski definition) is 6. The highest BCUT2D eigenvalue weighted by Gasteiger charge is 2.33. The lowest BCUT2D eigenvalue weighted by Gasteiger charge is -2.23. The minimum absolute atomic E-state index is 0.160. The number of ether oxygens (including phenoxy) is 1. The number of rotatable bonds is 5. The standard InChI is InChI=1S/C28H27N3O3S2/c1-6-34-27(33)24-18(4)29-28-31(25(24)22-11-8-12-35-22)26(32)23(36-28)15-20-14-17(3)30(19(20)5)21-10-7-9-16(2)13-21/h7-15,25H,6H2,1-5H3/b23-15+/t25-/m1/s1. The number of thiazole rings is 1. The van der Waals surface area contributed by atoms with E-state index in [0.29, 0.717) is 20.6 Å². The van der Waals surface area contributed by atoms with Crippen molar-refractivity contribution >= 4 is 34.7 Å². The van der Waals surface area contributed by atoms with Gasteiger partial charge in [-0.1, -0.05) is 29.5 Å². The monoisotopic (exact) mass is 517 g/mol. The second-order valence-electron chi connectivity index (χ2n) is 8.82. The molecule has 0 fully saturated rings. The SMILES string of the molecule is CCOC(=O)C1=C(C)N=c2s/c(=C/c3cc(C)n(-c4cccc(C)c4)c3C)c(=O)n2[C@@H]1c1cccs1. The van der Waals surface area contributed by atoms with Crippen LogP contribution in [0.25, 0.3) is 11.8 Å². The van der Waals surface area contributed by atoms with Crippen LogP contribution in [-0.4, -0.2) is 21.7 Å². The number of carbonyl (C=O) groups is 1. The minimum atomic E-state index is -0.554. The molecule has 1 atom stereocenters. The third-order valence-corrected chi connectivity index (χ3v) is 8.25. The number of hydrogen-bond donors (Lipinski definition) is 0. The zero-order valence-electron chi connectivity index (χ0n) is 20.9. The Morgan fingerprint density at radius 3 is 2.64 bits per heavy atom. The van der Waals surface area contributed by atoms with Gasteiger partial charge in [0.05, 0.1) is 22.4 Å². The third kappa shape index (κ3) is 4.10. The van der Waals surface area contributed by atoms with Crippen molar-refractivity contribution in [1.29, 1.82) is 0 Å². The summed E-state index contributed by atoms with van der Waals surface area (Å²) in [5, 5.41) is 1.95. The Kier molecular flexibility index (Phi) is 6.40. The third-order valence-electron chi connectivity index (χ3n) is 6.35. The smallest absolute Gasteiger partial charge is 0.338 e. The van der Waals surface area contributed by atoms with Gasteiger partial charge in [0.25, 0.3) is 5.56 Å². The first-order valence-electron chi connectivity index (χ1n) is 11.8. The molecule has 0 unspecified atom stereocenters. The van der Waals surface area contributed by atoms with Gasteiger partial charge in [-0.05, 0) is 81.5 Å². The molecule has 3 aromatic heterocycles. The van der Waals surface area contributed by atoms with Crippen molar-refractivity contribution in [2.45, 2.75) is 40.7 Å². The Hall–Kier alpha value is -3.49. The average Bonchev–Trinajstić information content (AvgIpc) is 3.53. The predicted octanol–water partition coefficient (Wildman–Crippen LogP) is 4.58. The maximum absolute atomic E-state index is 13.8. The maximum atomic E-state index is 13.8. The lowest BCUT2D eigenvalue weighted by atomic mass is 10.0. The van der Waals surface area contributed by atoms with Crippen LogP contribution in [0, 0.1) is 20.8 Å².